The maximum Gasteiger partial charge on any atom is 0.165 e. The number of aliphatic hydroxyl groups is 1. The molecule has 3 atom stereocenters. The third-order valence-electron chi connectivity index (χ3n) is 7.24. The van der Waals surface area contributed by atoms with E-state index in [0.717, 1.165) is 47.4 Å². The van der Waals surface area contributed by atoms with Gasteiger partial charge in [0.05, 0.1) is 12.0 Å². The maximum atomic E-state index is 12.7. The number of carbonyl (C=O) groups is 1. The van der Waals surface area contributed by atoms with Crippen molar-refractivity contribution in [2.24, 2.45) is 11.8 Å². The molecule has 0 bridgehead atoms. The van der Waals surface area contributed by atoms with Crippen LogP contribution in [0, 0.1) is 18.8 Å². The van der Waals surface area contributed by atoms with Crippen LogP contribution in [0.15, 0.2) is 54.8 Å². The van der Waals surface area contributed by atoms with Crippen LogP contribution in [0.5, 0.6) is 0 Å². The summed E-state index contributed by atoms with van der Waals surface area (Å²) < 4.78 is 2.24. The molecule has 6 heteroatoms. The van der Waals surface area contributed by atoms with Gasteiger partial charge in [0, 0.05) is 46.2 Å². The van der Waals surface area contributed by atoms with Gasteiger partial charge in [-0.1, -0.05) is 26.0 Å². The Labute approximate surface area is 181 Å². The average Bonchev–Trinajstić information content (AvgIpc) is 3.14. The number of rotatable bonds is 2. The van der Waals surface area contributed by atoms with Gasteiger partial charge in [0.15, 0.2) is 5.78 Å². The SMILES string of the molecule is Cc1nc2c(n1-c1cccc(-c3cncnc3)c1)CC[C@H]1[C@H](C)C(=O)/C(=C\O)C[C@]21C. The first-order valence-corrected chi connectivity index (χ1v) is 10.8. The number of hydrogen-bond acceptors (Lipinski definition) is 5. The van der Waals surface area contributed by atoms with E-state index in [2.05, 4.69) is 39.7 Å². The maximum absolute atomic E-state index is 12.7. The molecule has 1 N–H and O–H groups in total. The van der Waals surface area contributed by atoms with E-state index in [1.165, 1.54) is 12.0 Å². The summed E-state index contributed by atoms with van der Waals surface area (Å²) in [7, 11) is 0. The summed E-state index contributed by atoms with van der Waals surface area (Å²) in [5.41, 5.74) is 5.61. The normalized spacial score (nSPS) is 26.5. The number of aromatic nitrogens is 4. The summed E-state index contributed by atoms with van der Waals surface area (Å²) in [6.45, 7) is 6.24. The van der Waals surface area contributed by atoms with E-state index in [4.69, 9.17) is 4.98 Å². The van der Waals surface area contributed by atoms with Crippen molar-refractivity contribution in [3.8, 4) is 16.8 Å². The van der Waals surface area contributed by atoms with Gasteiger partial charge in [-0.2, -0.15) is 0 Å². The quantitative estimate of drug-likeness (QED) is 0.493. The van der Waals surface area contributed by atoms with Crippen LogP contribution in [0.2, 0.25) is 0 Å². The number of hydrogen-bond donors (Lipinski definition) is 1. The van der Waals surface area contributed by atoms with Gasteiger partial charge in [-0.3, -0.25) is 4.79 Å². The van der Waals surface area contributed by atoms with Crippen molar-refractivity contribution in [2.75, 3.05) is 0 Å². The molecule has 0 saturated heterocycles. The molecule has 0 amide bonds. The Morgan fingerprint density at radius 1 is 1.23 bits per heavy atom. The monoisotopic (exact) mass is 414 g/mol. The number of aliphatic hydroxyl groups excluding tert-OH is 1. The molecule has 5 rings (SSSR count). The number of ketones is 1. The Hall–Kier alpha value is -3.28. The van der Waals surface area contributed by atoms with E-state index >= 15 is 0 Å². The minimum Gasteiger partial charge on any atom is -0.515 e. The molecule has 1 aromatic carbocycles. The zero-order valence-electron chi connectivity index (χ0n) is 18.0. The largest absolute Gasteiger partial charge is 0.515 e. The Morgan fingerprint density at radius 2 is 2.00 bits per heavy atom. The van der Waals surface area contributed by atoms with Crippen LogP contribution >= 0.6 is 0 Å². The van der Waals surface area contributed by atoms with E-state index in [1.807, 2.05) is 32.3 Å². The highest BCUT2D eigenvalue weighted by molar-refractivity contribution is 5.98. The average molecular weight is 415 g/mol. The highest BCUT2D eigenvalue weighted by Crippen LogP contribution is 2.52. The number of carbonyl (C=O) groups excluding carboxylic acids is 1. The predicted molar refractivity (Wildman–Crippen MR) is 118 cm³/mol. The van der Waals surface area contributed by atoms with E-state index in [0.29, 0.717) is 12.0 Å². The molecule has 3 aromatic rings. The Morgan fingerprint density at radius 3 is 2.74 bits per heavy atom. The van der Waals surface area contributed by atoms with Gasteiger partial charge >= 0.3 is 0 Å². The molecule has 0 unspecified atom stereocenters. The van der Waals surface area contributed by atoms with Gasteiger partial charge in [-0.15, -0.1) is 0 Å². The van der Waals surface area contributed by atoms with Crippen molar-refractivity contribution in [3.63, 3.8) is 0 Å². The molecule has 1 saturated carbocycles. The second-order valence-corrected chi connectivity index (χ2v) is 9.01. The number of aryl methyl sites for hydroxylation is 1. The molecule has 0 radical (unpaired) electrons. The number of Topliss-reactive ketones (excluding diaryl/α,β-unsaturated/α-hetero) is 1. The molecular weight excluding hydrogens is 388 g/mol. The van der Waals surface area contributed by atoms with Crippen LogP contribution < -0.4 is 0 Å². The third kappa shape index (κ3) is 2.92. The van der Waals surface area contributed by atoms with Gasteiger partial charge in [0.25, 0.3) is 0 Å². The van der Waals surface area contributed by atoms with Crippen molar-refractivity contribution in [1.82, 2.24) is 19.5 Å². The van der Waals surface area contributed by atoms with Gasteiger partial charge in [0.1, 0.15) is 12.2 Å². The van der Waals surface area contributed by atoms with Crippen molar-refractivity contribution in [2.45, 2.75) is 45.4 Å². The Bertz CT molecular complexity index is 1200. The summed E-state index contributed by atoms with van der Waals surface area (Å²) in [6, 6.07) is 8.35. The fourth-order valence-electron chi connectivity index (χ4n) is 5.75. The van der Waals surface area contributed by atoms with E-state index in [1.54, 1.807) is 0 Å². The second kappa shape index (κ2) is 7.15. The molecule has 2 aromatic heterocycles. The van der Waals surface area contributed by atoms with Gasteiger partial charge < -0.3 is 9.67 Å². The molecule has 31 heavy (non-hydrogen) atoms. The molecule has 1 fully saturated rings. The third-order valence-corrected chi connectivity index (χ3v) is 7.24. The first-order valence-electron chi connectivity index (χ1n) is 10.8. The van der Waals surface area contributed by atoms with E-state index in [9.17, 15) is 9.90 Å². The first kappa shape index (κ1) is 19.7. The lowest BCUT2D eigenvalue weighted by atomic mass is 9.56. The van der Waals surface area contributed by atoms with Crippen LogP contribution in [0.25, 0.3) is 16.8 Å². The molecule has 158 valence electrons. The van der Waals surface area contributed by atoms with E-state index < -0.39 is 0 Å². The number of nitrogens with zero attached hydrogens (tertiary/aromatic N) is 4. The fraction of sp³-hybridized carbons (Fsp3) is 0.360. The molecule has 6 nitrogen and oxygen atoms in total. The summed E-state index contributed by atoms with van der Waals surface area (Å²) in [5, 5.41) is 9.69. The topological polar surface area (TPSA) is 80.9 Å². The smallest absolute Gasteiger partial charge is 0.165 e. The zero-order valence-corrected chi connectivity index (χ0v) is 18.0. The lowest BCUT2D eigenvalue weighted by Crippen LogP contribution is -2.48. The fourth-order valence-corrected chi connectivity index (χ4v) is 5.75. The molecule has 2 aliphatic carbocycles. The molecule has 2 heterocycles. The highest BCUT2D eigenvalue weighted by atomic mass is 16.2. The minimum absolute atomic E-state index is 0.0716. The highest BCUT2D eigenvalue weighted by Gasteiger charge is 2.52. The van der Waals surface area contributed by atoms with Gasteiger partial charge in [0.2, 0.25) is 0 Å². The summed E-state index contributed by atoms with van der Waals surface area (Å²) in [5.74, 6) is 1.12. The molecule has 2 aliphatic rings. The van der Waals surface area contributed by atoms with Crippen LogP contribution in [0.1, 0.15) is 43.9 Å². The number of allylic oxidation sites excluding steroid dienone is 1. The van der Waals surface area contributed by atoms with Crippen molar-refractivity contribution in [3.05, 3.63) is 72.0 Å². The minimum atomic E-state index is -0.267. The standard InChI is InChI=1S/C25H26N4O2/c1-15-21-7-8-22-24(25(21,3)10-18(13-30)23(15)31)28-16(2)29(22)20-6-4-5-17(9-20)19-11-26-14-27-12-19/h4-6,9,11-15,21,30H,7-8,10H2,1-3H3/b18-13-/t15-,21-,25-/m0/s1. The number of benzene rings is 1. The summed E-state index contributed by atoms with van der Waals surface area (Å²) >= 11 is 0. The lowest BCUT2D eigenvalue weighted by Gasteiger charge is -2.47. The summed E-state index contributed by atoms with van der Waals surface area (Å²) in [4.78, 5) is 26.0. The van der Waals surface area contributed by atoms with Gasteiger partial charge in [-0.05, 0) is 49.8 Å². The van der Waals surface area contributed by atoms with Crippen molar-refractivity contribution in [1.29, 1.82) is 0 Å². The molecule has 0 spiro atoms. The number of imidazole rings is 1. The van der Waals surface area contributed by atoms with Crippen LogP contribution in [0.4, 0.5) is 0 Å². The summed E-state index contributed by atoms with van der Waals surface area (Å²) in [6.07, 6.45) is 8.52. The zero-order chi connectivity index (χ0) is 21.8. The number of fused-ring (bicyclic) bond motifs is 3. The lowest BCUT2D eigenvalue weighted by molar-refractivity contribution is -0.124. The van der Waals surface area contributed by atoms with Crippen molar-refractivity contribution < 1.29 is 9.90 Å². The van der Waals surface area contributed by atoms with Crippen LogP contribution in [0.3, 0.4) is 0 Å². The first-order chi connectivity index (χ1) is 14.9. The Kier molecular flexibility index (Phi) is 4.54. The molecule has 0 aliphatic heterocycles. The van der Waals surface area contributed by atoms with E-state index in [-0.39, 0.29) is 23.0 Å². The van der Waals surface area contributed by atoms with Gasteiger partial charge in [-0.25, -0.2) is 15.0 Å². The second-order valence-electron chi connectivity index (χ2n) is 9.01. The Balaban J connectivity index is 1.63. The van der Waals surface area contributed by atoms with Crippen molar-refractivity contribution >= 4 is 5.78 Å². The van der Waals surface area contributed by atoms with Crippen LogP contribution in [-0.4, -0.2) is 30.4 Å². The predicted octanol–water partition coefficient (Wildman–Crippen LogP) is 4.51. The molecular formula is C25H26N4O2. The van der Waals surface area contributed by atoms with Crippen LogP contribution in [-0.2, 0) is 16.6 Å².